The highest BCUT2D eigenvalue weighted by Gasteiger charge is 2.25. The number of nitrogen functional groups attached to an aromatic ring is 1. The van der Waals surface area contributed by atoms with Gasteiger partial charge in [-0.3, -0.25) is 0 Å². The molecule has 0 amide bonds. The van der Waals surface area contributed by atoms with E-state index in [4.69, 9.17) is 27.9 Å². The quantitative estimate of drug-likeness (QED) is 0.796. The van der Waals surface area contributed by atoms with Crippen LogP contribution in [-0.2, 0) is 10.0 Å². The number of sulfonamides is 1. The molecule has 0 radical (unpaired) electrons. The van der Waals surface area contributed by atoms with E-state index in [9.17, 15) is 8.42 Å². The Morgan fingerprint density at radius 2 is 1.94 bits per heavy atom. The fourth-order valence-electron chi connectivity index (χ4n) is 1.10. The molecule has 94 valence electrons. The number of nitrogens with zero attached hydrogens (tertiary/aromatic N) is 4. The molecule has 0 aliphatic carbocycles. The number of nitrogens with two attached hydrogens (primary N) is 1. The van der Waals surface area contributed by atoms with Crippen LogP contribution in [0.2, 0.25) is 5.02 Å². The molecular weight excluding hydrogens is 278 g/mol. The number of hydrogen-bond donors (Lipinski definition) is 1. The Balaban J connectivity index is 3.23. The van der Waals surface area contributed by atoms with E-state index in [0.717, 1.165) is 16.6 Å². The molecule has 0 aliphatic heterocycles. The van der Waals surface area contributed by atoms with Gasteiger partial charge in [0.05, 0.1) is 17.2 Å². The van der Waals surface area contributed by atoms with Crippen LogP contribution in [0.15, 0.2) is 17.2 Å². The standard InChI is InChI=1S/C9H8ClN5O2S/c10-8-5-7(6-14-9(8)13)18(16,17)15(3-1-11)4-2-12/h5-6H,3-4H2,(H2,13,14). The van der Waals surface area contributed by atoms with E-state index in [1.807, 2.05) is 0 Å². The Labute approximate surface area is 109 Å². The van der Waals surface area contributed by atoms with E-state index in [1.165, 1.54) is 0 Å². The van der Waals surface area contributed by atoms with Gasteiger partial charge in [0, 0.05) is 6.20 Å². The van der Waals surface area contributed by atoms with Crippen molar-refractivity contribution in [2.24, 2.45) is 0 Å². The Hall–Kier alpha value is -1.87. The molecule has 0 fully saturated rings. The first-order chi connectivity index (χ1) is 8.43. The average Bonchev–Trinajstić information content (AvgIpc) is 2.32. The Morgan fingerprint density at radius 1 is 1.39 bits per heavy atom. The lowest BCUT2D eigenvalue weighted by atomic mass is 10.5. The van der Waals surface area contributed by atoms with Crippen molar-refractivity contribution in [3.05, 3.63) is 17.3 Å². The maximum absolute atomic E-state index is 12.1. The summed E-state index contributed by atoms with van der Waals surface area (Å²) in [5.74, 6) is 0.00253. The molecule has 0 saturated heterocycles. The summed E-state index contributed by atoms with van der Waals surface area (Å²) in [5, 5.41) is 17.1. The largest absolute Gasteiger partial charge is 0.382 e. The molecule has 2 N–H and O–H groups in total. The Bertz CT molecular complexity index is 615. The smallest absolute Gasteiger partial charge is 0.246 e. The van der Waals surface area contributed by atoms with Crippen molar-refractivity contribution in [2.75, 3.05) is 18.8 Å². The summed E-state index contributed by atoms with van der Waals surface area (Å²) < 4.78 is 24.8. The van der Waals surface area contributed by atoms with Crippen LogP contribution < -0.4 is 5.73 Å². The molecule has 9 heteroatoms. The second kappa shape index (κ2) is 5.65. The summed E-state index contributed by atoms with van der Waals surface area (Å²) in [6.45, 7) is -0.865. The van der Waals surface area contributed by atoms with E-state index in [1.54, 1.807) is 12.1 Å². The van der Waals surface area contributed by atoms with Crippen LogP contribution in [-0.4, -0.2) is 30.8 Å². The van der Waals surface area contributed by atoms with Crippen LogP contribution in [0, 0.1) is 22.7 Å². The molecule has 0 unspecified atom stereocenters. The van der Waals surface area contributed by atoms with E-state index in [-0.39, 0.29) is 15.7 Å². The zero-order chi connectivity index (χ0) is 13.8. The maximum atomic E-state index is 12.1. The van der Waals surface area contributed by atoms with Crippen molar-refractivity contribution >= 4 is 27.4 Å². The molecule has 1 aromatic heterocycles. The first-order valence-electron chi connectivity index (χ1n) is 4.58. The molecule has 0 atom stereocenters. The lowest BCUT2D eigenvalue weighted by Gasteiger charge is -2.15. The number of halogens is 1. The molecule has 0 spiro atoms. The third-order valence-corrected chi connectivity index (χ3v) is 4.04. The lowest BCUT2D eigenvalue weighted by Crippen LogP contribution is -2.32. The molecule has 1 rings (SSSR count). The van der Waals surface area contributed by atoms with Crippen LogP contribution in [0.4, 0.5) is 5.82 Å². The van der Waals surface area contributed by atoms with E-state index >= 15 is 0 Å². The van der Waals surface area contributed by atoms with Crippen molar-refractivity contribution in [2.45, 2.75) is 4.90 Å². The summed E-state index contributed by atoms with van der Waals surface area (Å²) in [7, 11) is -3.98. The second-order valence-corrected chi connectivity index (χ2v) is 5.47. The number of anilines is 1. The third-order valence-electron chi connectivity index (χ3n) is 1.98. The lowest BCUT2D eigenvalue weighted by molar-refractivity contribution is 0.479. The van der Waals surface area contributed by atoms with Crippen molar-refractivity contribution in [3.8, 4) is 12.1 Å². The van der Waals surface area contributed by atoms with Gasteiger partial charge in [-0.1, -0.05) is 11.6 Å². The van der Waals surface area contributed by atoms with Crippen LogP contribution in [0.25, 0.3) is 0 Å². The Kier molecular flexibility index (Phi) is 4.45. The molecule has 0 saturated carbocycles. The number of nitriles is 2. The minimum absolute atomic E-state index is 0.00253. The van der Waals surface area contributed by atoms with Crippen molar-refractivity contribution in [1.82, 2.24) is 9.29 Å². The van der Waals surface area contributed by atoms with Gasteiger partial charge in [-0.05, 0) is 6.07 Å². The van der Waals surface area contributed by atoms with Crippen LogP contribution >= 0.6 is 11.6 Å². The third kappa shape index (κ3) is 2.87. The predicted octanol–water partition coefficient (Wildman–Crippen LogP) is 0.355. The second-order valence-electron chi connectivity index (χ2n) is 3.13. The highest BCUT2D eigenvalue weighted by atomic mass is 35.5. The van der Waals surface area contributed by atoms with Crippen molar-refractivity contribution in [1.29, 1.82) is 10.5 Å². The normalized spacial score (nSPS) is 10.9. The van der Waals surface area contributed by atoms with Gasteiger partial charge in [0.15, 0.2) is 0 Å². The maximum Gasteiger partial charge on any atom is 0.246 e. The topological polar surface area (TPSA) is 124 Å². The van der Waals surface area contributed by atoms with Gasteiger partial charge in [0.25, 0.3) is 0 Å². The SMILES string of the molecule is N#CCN(CC#N)S(=O)(=O)c1cnc(N)c(Cl)c1. The van der Waals surface area contributed by atoms with Gasteiger partial charge >= 0.3 is 0 Å². The van der Waals surface area contributed by atoms with Gasteiger partial charge in [0.1, 0.15) is 23.8 Å². The van der Waals surface area contributed by atoms with Crippen molar-refractivity contribution in [3.63, 3.8) is 0 Å². The Morgan fingerprint density at radius 3 is 2.39 bits per heavy atom. The number of aromatic nitrogens is 1. The molecule has 1 aromatic rings. The molecule has 7 nitrogen and oxygen atoms in total. The number of rotatable bonds is 4. The number of hydrogen-bond acceptors (Lipinski definition) is 6. The van der Waals surface area contributed by atoms with Gasteiger partial charge in [-0.2, -0.15) is 14.8 Å². The molecule has 1 heterocycles. The van der Waals surface area contributed by atoms with E-state index in [0.29, 0.717) is 0 Å². The monoisotopic (exact) mass is 285 g/mol. The minimum atomic E-state index is -3.98. The highest BCUT2D eigenvalue weighted by Crippen LogP contribution is 2.22. The average molecular weight is 286 g/mol. The fraction of sp³-hybridized carbons (Fsp3) is 0.222. The summed E-state index contributed by atoms with van der Waals surface area (Å²) in [4.78, 5) is 3.41. The zero-order valence-corrected chi connectivity index (χ0v) is 10.6. The van der Waals surface area contributed by atoms with Crippen LogP contribution in [0.5, 0.6) is 0 Å². The van der Waals surface area contributed by atoms with Gasteiger partial charge in [0.2, 0.25) is 10.0 Å². The predicted molar refractivity (Wildman–Crippen MR) is 63.6 cm³/mol. The first-order valence-corrected chi connectivity index (χ1v) is 6.40. The van der Waals surface area contributed by atoms with E-state index < -0.39 is 23.1 Å². The molecular formula is C9H8ClN5O2S. The van der Waals surface area contributed by atoms with Gasteiger partial charge < -0.3 is 5.73 Å². The van der Waals surface area contributed by atoms with Gasteiger partial charge in [-0.15, -0.1) is 0 Å². The molecule has 0 aliphatic rings. The van der Waals surface area contributed by atoms with Crippen LogP contribution in [0.1, 0.15) is 0 Å². The first kappa shape index (κ1) is 14.2. The van der Waals surface area contributed by atoms with Gasteiger partial charge in [-0.25, -0.2) is 13.4 Å². The molecule has 0 bridgehead atoms. The zero-order valence-electron chi connectivity index (χ0n) is 9.04. The van der Waals surface area contributed by atoms with Crippen molar-refractivity contribution < 1.29 is 8.42 Å². The summed E-state index contributed by atoms with van der Waals surface area (Å²) in [6.07, 6.45) is 1.03. The summed E-state index contributed by atoms with van der Waals surface area (Å²) in [5.41, 5.74) is 5.37. The van der Waals surface area contributed by atoms with Crippen LogP contribution in [0.3, 0.4) is 0 Å². The molecule has 18 heavy (non-hydrogen) atoms. The van der Waals surface area contributed by atoms with E-state index in [2.05, 4.69) is 4.98 Å². The highest BCUT2D eigenvalue weighted by molar-refractivity contribution is 7.89. The fourth-order valence-corrected chi connectivity index (χ4v) is 2.54. The molecule has 0 aromatic carbocycles. The number of pyridine rings is 1. The minimum Gasteiger partial charge on any atom is -0.382 e. The summed E-state index contributed by atoms with van der Waals surface area (Å²) in [6, 6.07) is 4.47. The summed E-state index contributed by atoms with van der Waals surface area (Å²) >= 11 is 5.68.